The summed E-state index contributed by atoms with van der Waals surface area (Å²) in [6.07, 6.45) is 3.63. The fraction of sp³-hybridized carbons (Fsp3) is 0.355. The van der Waals surface area contributed by atoms with Crippen LogP contribution >= 0.6 is 23.2 Å². The number of nitrogens with zero attached hydrogens (tertiary/aromatic N) is 1. The van der Waals surface area contributed by atoms with Crippen LogP contribution in [0.2, 0.25) is 10.0 Å². The monoisotopic (exact) mass is 615 g/mol. The van der Waals surface area contributed by atoms with E-state index in [-0.39, 0.29) is 34.0 Å². The largest absolute Gasteiger partial charge is 0.506 e. The molecule has 3 unspecified atom stereocenters. The van der Waals surface area contributed by atoms with Crippen LogP contribution in [-0.4, -0.2) is 49.2 Å². The number of rotatable bonds is 7. The molecule has 41 heavy (non-hydrogen) atoms. The van der Waals surface area contributed by atoms with Gasteiger partial charge in [0.25, 0.3) is 0 Å². The van der Waals surface area contributed by atoms with Gasteiger partial charge in [0, 0.05) is 6.04 Å². The number of sulfonamides is 1. The maximum absolute atomic E-state index is 14.7. The highest BCUT2D eigenvalue weighted by Gasteiger charge is 2.55. The number of hydrogen-bond acceptors (Lipinski definition) is 6. The van der Waals surface area contributed by atoms with Gasteiger partial charge in [0.2, 0.25) is 10.0 Å². The average molecular weight is 617 g/mol. The number of benzene rings is 3. The molecule has 3 aliphatic rings. The highest BCUT2D eigenvalue weighted by Crippen LogP contribution is 2.52. The molecule has 0 radical (unpaired) electrons. The Morgan fingerprint density at radius 1 is 0.854 bits per heavy atom. The minimum absolute atomic E-state index is 0.0441. The molecule has 1 aliphatic carbocycles. The molecule has 7 nitrogen and oxygen atoms in total. The molecular formula is C31H31Cl2NO6S. The summed E-state index contributed by atoms with van der Waals surface area (Å²) in [5.41, 5.74) is 3.50. The molecule has 0 aromatic heterocycles. The number of phenols is 2. The minimum Gasteiger partial charge on any atom is -0.506 e. The topological polar surface area (TPSA) is 96.3 Å². The molecule has 1 saturated heterocycles. The lowest BCUT2D eigenvalue weighted by Crippen LogP contribution is -2.49. The van der Waals surface area contributed by atoms with Gasteiger partial charge in [-0.1, -0.05) is 54.6 Å². The maximum Gasteiger partial charge on any atom is 0.241 e. The van der Waals surface area contributed by atoms with Gasteiger partial charge >= 0.3 is 0 Å². The van der Waals surface area contributed by atoms with E-state index in [1.54, 1.807) is 59.9 Å². The molecule has 2 fully saturated rings. The number of ether oxygens (including phenoxy) is 2. The standard InChI is InChI=1S/C31H31Cl2NO6S/c1-39-22-11-9-21(10-12-22)34(20-5-3-2-4-6-20)41(37,38)28-17-27-29(18-7-13-25(35)23(32)15-18)30(31(28)40-27)19-8-14-26(36)24(33)16-19/h7-16,20,27-28,31,35-36H,2-6,17H2,1H3. The second-order valence-corrected chi connectivity index (χ2v) is 13.7. The first-order chi connectivity index (χ1) is 19.7. The summed E-state index contributed by atoms with van der Waals surface area (Å²) in [4.78, 5) is 0. The van der Waals surface area contributed by atoms with Gasteiger partial charge in [-0.2, -0.15) is 0 Å². The third kappa shape index (κ3) is 5.05. The van der Waals surface area contributed by atoms with E-state index in [2.05, 4.69) is 0 Å². The Balaban J connectivity index is 1.46. The molecule has 3 aromatic rings. The van der Waals surface area contributed by atoms with E-state index in [4.69, 9.17) is 32.7 Å². The molecule has 2 N–H and O–H groups in total. The molecule has 3 atom stereocenters. The molecule has 10 heteroatoms. The van der Waals surface area contributed by atoms with E-state index in [9.17, 15) is 18.6 Å². The van der Waals surface area contributed by atoms with Crippen LogP contribution in [0.4, 0.5) is 5.69 Å². The van der Waals surface area contributed by atoms with E-state index >= 15 is 0 Å². The van der Waals surface area contributed by atoms with Crippen molar-refractivity contribution in [3.63, 3.8) is 0 Å². The Bertz CT molecular complexity index is 1600. The van der Waals surface area contributed by atoms with Crippen molar-refractivity contribution in [1.29, 1.82) is 0 Å². The number of phenolic OH excluding ortho intramolecular Hbond substituents is 2. The molecular weight excluding hydrogens is 585 g/mol. The summed E-state index contributed by atoms with van der Waals surface area (Å²) in [6.45, 7) is 0. The van der Waals surface area contributed by atoms with Crippen molar-refractivity contribution in [3.8, 4) is 17.2 Å². The fourth-order valence-corrected chi connectivity index (χ4v) is 9.09. The Morgan fingerprint density at radius 2 is 1.44 bits per heavy atom. The van der Waals surface area contributed by atoms with E-state index in [0.717, 1.165) is 43.2 Å². The molecule has 2 bridgehead atoms. The van der Waals surface area contributed by atoms with Gasteiger partial charge in [-0.25, -0.2) is 8.42 Å². The summed E-state index contributed by atoms with van der Waals surface area (Å²) >= 11 is 12.6. The average Bonchev–Trinajstić information content (AvgIpc) is 3.57. The van der Waals surface area contributed by atoms with Crippen molar-refractivity contribution in [1.82, 2.24) is 0 Å². The van der Waals surface area contributed by atoms with Gasteiger partial charge < -0.3 is 19.7 Å². The van der Waals surface area contributed by atoms with Gasteiger partial charge in [0.1, 0.15) is 28.6 Å². The quantitative estimate of drug-likeness (QED) is 0.296. The van der Waals surface area contributed by atoms with Crippen molar-refractivity contribution in [2.24, 2.45) is 0 Å². The lowest BCUT2D eigenvalue weighted by atomic mass is 9.83. The first kappa shape index (κ1) is 28.2. The number of aromatic hydroxyl groups is 2. The zero-order chi connectivity index (χ0) is 28.9. The third-order valence-corrected chi connectivity index (χ3v) is 11.3. The van der Waals surface area contributed by atoms with Crippen molar-refractivity contribution >= 4 is 50.1 Å². The molecule has 6 rings (SSSR count). The summed E-state index contributed by atoms with van der Waals surface area (Å²) in [7, 11) is -2.32. The highest BCUT2D eigenvalue weighted by molar-refractivity contribution is 7.93. The Hall–Kier alpha value is -2.91. The molecule has 3 aromatic carbocycles. The van der Waals surface area contributed by atoms with E-state index < -0.39 is 27.5 Å². The first-order valence-corrected chi connectivity index (χ1v) is 16.0. The van der Waals surface area contributed by atoms with E-state index in [0.29, 0.717) is 22.6 Å². The normalized spacial score (nSPS) is 22.8. The van der Waals surface area contributed by atoms with Crippen LogP contribution in [-0.2, 0) is 14.8 Å². The number of fused-ring (bicyclic) bond motifs is 2. The van der Waals surface area contributed by atoms with Crippen molar-refractivity contribution in [2.45, 2.75) is 62.0 Å². The maximum atomic E-state index is 14.7. The zero-order valence-corrected chi connectivity index (χ0v) is 24.8. The predicted molar refractivity (Wildman–Crippen MR) is 161 cm³/mol. The second-order valence-electron chi connectivity index (χ2n) is 10.8. The van der Waals surface area contributed by atoms with Gasteiger partial charge in [-0.15, -0.1) is 0 Å². The van der Waals surface area contributed by atoms with Gasteiger partial charge in [-0.3, -0.25) is 4.31 Å². The van der Waals surface area contributed by atoms with Crippen LogP contribution in [0.25, 0.3) is 11.1 Å². The van der Waals surface area contributed by atoms with E-state index in [1.165, 1.54) is 12.1 Å². The van der Waals surface area contributed by atoms with E-state index in [1.807, 2.05) is 0 Å². The zero-order valence-electron chi connectivity index (χ0n) is 22.5. The Kier molecular flexibility index (Phi) is 7.61. The fourth-order valence-electron chi connectivity index (χ4n) is 6.47. The van der Waals surface area contributed by atoms with Gasteiger partial charge in [0.05, 0.1) is 28.9 Å². The first-order valence-electron chi connectivity index (χ1n) is 13.7. The summed E-state index contributed by atoms with van der Waals surface area (Å²) in [5, 5.41) is 19.6. The van der Waals surface area contributed by atoms with Crippen molar-refractivity contribution in [2.75, 3.05) is 11.4 Å². The number of halogens is 2. The van der Waals surface area contributed by atoms with Crippen LogP contribution < -0.4 is 9.04 Å². The predicted octanol–water partition coefficient (Wildman–Crippen LogP) is 7.03. The Labute approximate surface area is 250 Å². The minimum atomic E-state index is -3.90. The molecule has 0 spiro atoms. The smallest absolute Gasteiger partial charge is 0.241 e. The molecule has 2 aliphatic heterocycles. The summed E-state index contributed by atoms with van der Waals surface area (Å²) < 4.78 is 42.8. The molecule has 1 saturated carbocycles. The highest BCUT2D eigenvalue weighted by atomic mass is 35.5. The number of hydrogen-bond donors (Lipinski definition) is 2. The van der Waals surface area contributed by atoms with Crippen molar-refractivity contribution in [3.05, 3.63) is 81.8 Å². The number of anilines is 1. The number of methoxy groups -OCH3 is 1. The third-order valence-electron chi connectivity index (χ3n) is 8.40. The van der Waals surface area contributed by atoms with Gasteiger partial charge in [-0.05, 0) is 90.1 Å². The van der Waals surface area contributed by atoms with Crippen LogP contribution in [0, 0.1) is 0 Å². The molecule has 216 valence electrons. The molecule has 2 heterocycles. The van der Waals surface area contributed by atoms with Crippen LogP contribution in [0.5, 0.6) is 17.2 Å². The Morgan fingerprint density at radius 3 is 2.00 bits per heavy atom. The second kappa shape index (κ2) is 11.1. The van der Waals surface area contributed by atoms with Gasteiger partial charge in [0.15, 0.2) is 0 Å². The summed E-state index contributed by atoms with van der Waals surface area (Å²) in [5.74, 6) is 0.545. The van der Waals surface area contributed by atoms with Crippen LogP contribution in [0.3, 0.4) is 0 Å². The van der Waals surface area contributed by atoms with Crippen molar-refractivity contribution < 1.29 is 28.1 Å². The molecule has 0 amide bonds. The van der Waals surface area contributed by atoms with Crippen LogP contribution in [0.1, 0.15) is 49.7 Å². The van der Waals surface area contributed by atoms with Crippen LogP contribution in [0.15, 0.2) is 60.7 Å². The summed E-state index contributed by atoms with van der Waals surface area (Å²) in [6, 6.07) is 16.8. The lowest BCUT2D eigenvalue weighted by Gasteiger charge is -2.38. The SMILES string of the molecule is COc1ccc(N(C2CCCCC2)S(=O)(=O)C2CC3OC2C(c2ccc(O)c(Cl)c2)=C3c2ccc(O)c(Cl)c2)cc1. The lowest BCUT2D eigenvalue weighted by molar-refractivity contribution is 0.128.